The highest BCUT2D eigenvalue weighted by Crippen LogP contribution is 2.30. The van der Waals surface area contributed by atoms with Gasteiger partial charge in [0.1, 0.15) is 0 Å². The summed E-state index contributed by atoms with van der Waals surface area (Å²) in [7, 11) is 0. The number of likely N-dealkylation sites (tertiary alicyclic amines) is 1. The minimum Gasteiger partial charge on any atom is -0.300 e. The van der Waals surface area contributed by atoms with Crippen LogP contribution in [0.4, 0.5) is 0 Å². The molecular formula is C9H17N. The highest BCUT2D eigenvalue weighted by atomic mass is 15.2. The smallest absolute Gasteiger partial charge is 0.00979 e. The second-order valence-corrected chi connectivity index (χ2v) is 3.96. The van der Waals surface area contributed by atoms with Crippen molar-refractivity contribution in [2.24, 2.45) is 5.92 Å². The Kier molecular flexibility index (Phi) is 1.69. The van der Waals surface area contributed by atoms with Crippen molar-refractivity contribution in [3.8, 4) is 0 Å². The molecule has 1 heteroatoms. The normalized spacial score (nSPS) is 41.7. The highest BCUT2D eigenvalue weighted by molar-refractivity contribution is 4.84. The van der Waals surface area contributed by atoms with E-state index in [1.807, 2.05) is 0 Å². The van der Waals surface area contributed by atoms with Crippen LogP contribution in [0, 0.1) is 5.92 Å². The lowest BCUT2D eigenvalue weighted by Gasteiger charge is -2.36. The van der Waals surface area contributed by atoms with Gasteiger partial charge in [-0.15, -0.1) is 0 Å². The highest BCUT2D eigenvalue weighted by Gasteiger charge is 2.29. The van der Waals surface area contributed by atoms with Crippen LogP contribution in [0.2, 0.25) is 0 Å². The average Bonchev–Trinajstić information content (AvgIpc) is 2.10. The van der Waals surface area contributed by atoms with Gasteiger partial charge in [0.05, 0.1) is 0 Å². The molecule has 0 N–H and O–H groups in total. The molecule has 1 aliphatic carbocycles. The summed E-state index contributed by atoms with van der Waals surface area (Å²) in [6.07, 6.45) is 5.87. The van der Waals surface area contributed by atoms with Gasteiger partial charge >= 0.3 is 0 Å². The maximum absolute atomic E-state index is 2.66. The lowest BCUT2D eigenvalue weighted by atomic mass is 10.1. The van der Waals surface area contributed by atoms with Crippen LogP contribution in [0.1, 0.15) is 32.6 Å². The summed E-state index contributed by atoms with van der Waals surface area (Å²) in [6, 6.07) is 0.976. The third-order valence-corrected chi connectivity index (χ3v) is 3.07. The Balaban J connectivity index is 1.82. The Morgan fingerprint density at radius 1 is 1.20 bits per heavy atom. The van der Waals surface area contributed by atoms with Gasteiger partial charge in [-0.05, 0) is 44.7 Å². The standard InChI is InChI=1S/C9H17N/c1-8-3-4-9(7-8)10-5-2-6-10/h8-9H,2-7H2,1H3. The molecule has 0 bridgehead atoms. The van der Waals surface area contributed by atoms with Crippen molar-refractivity contribution in [2.75, 3.05) is 13.1 Å². The summed E-state index contributed by atoms with van der Waals surface area (Å²) in [5, 5.41) is 0. The van der Waals surface area contributed by atoms with Crippen LogP contribution >= 0.6 is 0 Å². The monoisotopic (exact) mass is 139 g/mol. The Hall–Kier alpha value is -0.0400. The van der Waals surface area contributed by atoms with E-state index in [1.54, 1.807) is 0 Å². The van der Waals surface area contributed by atoms with Crippen LogP contribution in [-0.2, 0) is 0 Å². The van der Waals surface area contributed by atoms with Crippen LogP contribution in [0.25, 0.3) is 0 Å². The first-order chi connectivity index (χ1) is 4.86. The van der Waals surface area contributed by atoms with Crippen LogP contribution < -0.4 is 0 Å². The second kappa shape index (κ2) is 2.54. The van der Waals surface area contributed by atoms with Crippen molar-refractivity contribution in [3.63, 3.8) is 0 Å². The molecule has 0 aromatic heterocycles. The fraction of sp³-hybridized carbons (Fsp3) is 1.00. The molecule has 1 saturated carbocycles. The van der Waals surface area contributed by atoms with Crippen molar-refractivity contribution in [2.45, 2.75) is 38.6 Å². The Bertz CT molecular complexity index is 118. The van der Waals surface area contributed by atoms with Crippen molar-refractivity contribution >= 4 is 0 Å². The van der Waals surface area contributed by atoms with Gasteiger partial charge in [0.25, 0.3) is 0 Å². The molecular weight excluding hydrogens is 122 g/mol. The van der Waals surface area contributed by atoms with E-state index in [1.165, 1.54) is 38.8 Å². The largest absolute Gasteiger partial charge is 0.300 e. The minimum absolute atomic E-state index is 0.976. The van der Waals surface area contributed by atoms with Gasteiger partial charge in [-0.25, -0.2) is 0 Å². The van der Waals surface area contributed by atoms with Gasteiger partial charge in [0.2, 0.25) is 0 Å². The van der Waals surface area contributed by atoms with Gasteiger partial charge in [-0.2, -0.15) is 0 Å². The number of nitrogens with zero attached hydrogens (tertiary/aromatic N) is 1. The van der Waals surface area contributed by atoms with Gasteiger partial charge < -0.3 is 4.90 Å². The van der Waals surface area contributed by atoms with E-state index in [2.05, 4.69) is 11.8 Å². The van der Waals surface area contributed by atoms with E-state index in [0.29, 0.717) is 0 Å². The van der Waals surface area contributed by atoms with Crippen LogP contribution in [0.5, 0.6) is 0 Å². The maximum Gasteiger partial charge on any atom is 0.00979 e. The first kappa shape index (κ1) is 6.66. The van der Waals surface area contributed by atoms with E-state index in [0.717, 1.165) is 12.0 Å². The SMILES string of the molecule is CC1CCC(N2CCC2)C1. The quantitative estimate of drug-likeness (QED) is 0.536. The minimum atomic E-state index is 0.976. The molecule has 2 aliphatic rings. The second-order valence-electron chi connectivity index (χ2n) is 3.96. The Morgan fingerprint density at radius 3 is 2.40 bits per heavy atom. The molecule has 2 fully saturated rings. The zero-order chi connectivity index (χ0) is 6.97. The summed E-state index contributed by atoms with van der Waals surface area (Å²) < 4.78 is 0. The lowest BCUT2D eigenvalue weighted by Crippen LogP contribution is -2.43. The van der Waals surface area contributed by atoms with E-state index in [-0.39, 0.29) is 0 Å². The molecule has 2 unspecified atom stereocenters. The molecule has 10 heavy (non-hydrogen) atoms. The van der Waals surface area contributed by atoms with Gasteiger partial charge in [0.15, 0.2) is 0 Å². The summed E-state index contributed by atoms with van der Waals surface area (Å²) in [5.74, 6) is 1.01. The average molecular weight is 139 g/mol. The third-order valence-electron chi connectivity index (χ3n) is 3.07. The molecule has 0 spiro atoms. The van der Waals surface area contributed by atoms with E-state index >= 15 is 0 Å². The van der Waals surface area contributed by atoms with E-state index in [9.17, 15) is 0 Å². The number of hydrogen-bond donors (Lipinski definition) is 0. The molecule has 0 aromatic rings. The maximum atomic E-state index is 2.66. The summed E-state index contributed by atoms with van der Waals surface area (Å²) >= 11 is 0. The fourth-order valence-corrected chi connectivity index (χ4v) is 2.21. The zero-order valence-electron chi connectivity index (χ0n) is 6.84. The van der Waals surface area contributed by atoms with Gasteiger partial charge in [-0.3, -0.25) is 0 Å². The van der Waals surface area contributed by atoms with Crippen molar-refractivity contribution in [1.29, 1.82) is 0 Å². The van der Waals surface area contributed by atoms with Crippen molar-refractivity contribution in [1.82, 2.24) is 4.90 Å². The predicted octanol–water partition coefficient (Wildman–Crippen LogP) is 1.88. The molecule has 2 rings (SSSR count). The van der Waals surface area contributed by atoms with Crippen molar-refractivity contribution < 1.29 is 0 Å². The fourth-order valence-electron chi connectivity index (χ4n) is 2.21. The van der Waals surface area contributed by atoms with Gasteiger partial charge in [-0.1, -0.05) is 6.92 Å². The molecule has 2 atom stereocenters. The van der Waals surface area contributed by atoms with Crippen LogP contribution in [0.3, 0.4) is 0 Å². The van der Waals surface area contributed by atoms with E-state index < -0.39 is 0 Å². The third kappa shape index (κ3) is 1.07. The van der Waals surface area contributed by atoms with Crippen molar-refractivity contribution in [3.05, 3.63) is 0 Å². The van der Waals surface area contributed by atoms with Gasteiger partial charge in [0, 0.05) is 6.04 Å². The first-order valence-electron chi connectivity index (χ1n) is 4.60. The molecule has 1 saturated heterocycles. The lowest BCUT2D eigenvalue weighted by molar-refractivity contribution is 0.119. The molecule has 0 radical (unpaired) electrons. The van der Waals surface area contributed by atoms with Crippen LogP contribution in [-0.4, -0.2) is 24.0 Å². The first-order valence-corrected chi connectivity index (χ1v) is 4.60. The Labute approximate surface area is 63.4 Å². The summed E-state index contributed by atoms with van der Waals surface area (Å²) in [5.41, 5.74) is 0. The molecule has 1 heterocycles. The molecule has 58 valence electrons. The molecule has 0 amide bonds. The Morgan fingerprint density at radius 2 is 2.00 bits per heavy atom. The predicted molar refractivity (Wildman–Crippen MR) is 43.0 cm³/mol. The topological polar surface area (TPSA) is 3.24 Å². The summed E-state index contributed by atoms with van der Waals surface area (Å²) in [4.78, 5) is 2.66. The number of rotatable bonds is 1. The zero-order valence-corrected chi connectivity index (χ0v) is 6.84. The molecule has 1 nitrogen and oxygen atoms in total. The molecule has 1 aliphatic heterocycles. The van der Waals surface area contributed by atoms with E-state index in [4.69, 9.17) is 0 Å². The number of hydrogen-bond acceptors (Lipinski definition) is 1. The summed E-state index contributed by atoms with van der Waals surface area (Å²) in [6.45, 7) is 5.16. The molecule has 0 aromatic carbocycles. The van der Waals surface area contributed by atoms with Crippen LogP contribution in [0.15, 0.2) is 0 Å².